The SMILES string of the molecule is [Au].[Au].[C-]#Cc1ccc2c(c1)Cc1ccccc1-2.[C-]#Cc1ccc2c(c1)Cc1ccccc1-2.[c-]1nccn1Cn1[c-]nc2ccccc21. The summed E-state index contributed by atoms with van der Waals surface area (Å²) in [5.74, 6) is 4.87. The average Bonchev–Trinajstić information content (AvgIpc) is 3.90. The zero-order valence-electron chi connectivity index (χ0n) is 25.1. The van der Waals surface area contributed by atoms with Crippen LogP contribution in [0.1, 0.15) is 33.4 Å². The van der Waals surface area contributed by atoms with Gasteiger partial charge in [0, 0.05) is 57.4 Å². The zero-order valence-corrected chi connectivity index (χ0v) is 29.4. The molecule has 6 heteroatoms. The first-order valence-corrected chi connectivity index (χ1v) is 14.7. The Morgan fingerprint density at radius 3 is 1.70 bits per heavy atom. The number of nitrogens with zero attached hydrogens (tertiary/aromatic N) is 4. The quantitative estimate of drug-likeness (QED) is 0.101. The molecule has 2 aromatic heterocycles. The normalized spacial score (nSPS) is 10.9. The van der Waals surface area contributed by atoms with Gasteiger partial charge in [0.1, 0.15) is 0 Å². The van der Waals surface area contributed by atoms with Gasteiger partial charge in [-0.2, -0.15) is 0 Å². The van der Waals surface area contributed by atoms with E-state index in [4.69, 9.17) is 12.8 Å². The van der Waals surface area contributed by atoms with Crippen molar-refractivity contribution in [1.82, 2.24) is 19.1 Å². The fraction of sp³-hybridized carbons (Fsp3) is 0.0732. The van der Waals surface area contributed by atoms with E-state index in [1.807, 2.05) is 51.7 Å². The molecule has 4 nitrogen and oxygen atoms in total. The van der Waals surface area contributed by atoms with E-state index in [1.165, 1.54) is 44.5 Å². The van der Waals surface area contributed by atoms with Crippen LogP contribution in [-0.2, 0) is 64.3 Å². The predicted octanol–water partition coefficient (Wildman–Crippen LogP) is 7.73. The molecular weight excluding hydrogens is 942 g/mol. The number of aromatic nitrogens is 4. The molecule has 0 fully saturated rings. The van der Waals surface area contributed by atoms with Crippen LogP contribution in [0.2, 0.25) is 0 Å². The number of hydrogen-bond donors (Lipinski definition) is 0. The van der Waals surface area contributed by atoms with Crippen molar-refractivity contribution >= 4 is 11.0 Å². The van der Waals surface area contributed by atoms with Crippen LogP contribution in [-0.4, -0.2) is 19.1 Å². The van der Waals surface area contributed by atoms with Gasteiger partial charge in [0.05, 0.1) is 6.67 Å². The third-order valence-electron chi connectivity index (χ3n) is 8.14. The molecule has 2 radical (unpaired) electrons. The maximum Gasteiger partial charge on any atom is 0.0558 e. The van der Waals surface area contributed by atoms with Gasteiger partial charge in [0.2, 0.25) is 0 Å². The minimum atomic E-state index is 0. The minimum Gasteiger partial charge on any atom is -0.439 e. The number of rotatable bonds is 2. The summed E-state index contributed by atoms with van der Waals surface area (Å²) in [6, 6.07) is 37.1. The number of hydrogen-bond acceptors (Lipinski definition) is 2. The first kappa shape index (κ1) is 33.7. The van der Waals surface area contributed by atoms with Crippen LogP contribution in [0, 0.1) is 37.3 Å². The molecule has 0 spiro atoms. The fourth-order valence-corrected chi connectivity index (χ4v) is 5.99. The minimum absolute atomic E-state index is 0. The summed E-state index contributed by atoms with van der Waals surface area (Å²) in [6.07, 6.45) is 25.6. The zero-order chi connectivity index (χ0) is 30.6. The second-order valence-corrected chi connectivity index (χ2v) is 10.9. The Labute approximate surface area is 306 Å². The summed E-state index contributed by atoms with van der Waals surface area (Å²) in [6.45, 7) is 0.639. The van der Waals surface area contributed by atoms with E-state index in [9.17, 15) is 0 Å². The maximum absolute atomic E-state index is 7.12. The van der Waals surface area contributed by atoms with Crippen LogP contribution in [0.15, 0.2) is 122 Å². The van der Waals surface area contributed by atoms with Crippen LogP contribution in [0.3, 0.4) is 0 Å². The molecule has 236 valence electrons. The van der Waals surface area contributed by atoms with Crippen LogP contribution in [0.25, 0.3) is 33.3 Å². The third kappa shape index (κ3) is 7.20. The summed E-state index contributed by atoms with van der Waals surface area (Å²) in [5, 5.41) is 0. The summed E-state index contributed by atoms with van der Waals surface area (Å²) < 4.78 is 3.79. The second-order valence-electron chi connectivity index (χ2n) is 10.9. The summed E-state index contributed by atoms with van der Waals surface area (Å²) >= 11 is 0. The largest absolute Gasteiger partial charge is 0.439 e. The van der Waals surface area contributed by atoms with E-state index in [1.54, 1.807) is 6.20 Å². The first-order chi connectivity index (χ1) is 22.2. The van der Waals surface area contributed by atoms with E-state index in [2.05, 4.69) is 107 Å². The molecule has 0 N–H and O–H groups in total. The van der Waals surface area contributed by atoms with Crippen LogP contribution < -0.4 is 0 Å². The molecule has 5 aromatic carbocycles. The van der Waals surface area contributed by atoms with Gasteiger partial charge >= 0.3 is 0 Å². The molecule has 2 heterocycles. The third-order valence-corrected chi connectivity index (χ3v) is 8.14. The molecular formula is C41H26Au2N4-4. The second kappa shape index (κ2) is 15.3. The van der Waals surface area contributed by atoms with Crippen molar-refractivity contribution in [3.8, 4) is 34.1 Å². The first-order valence-electron chi connectivity index (χ1n) is 14.7. The van der Waals surface area contributed by atoms with Gasteiger partial charge in [0.15, 0.2) is 0 Å². The van der Waals surface area contributed by atoms with E-state index >= 15 is 0 Å². The molecule has 0 atom stereocenters. The maximum atomic E-state index is 7.12. The fourth-order valence-electron chi connectivity index (χ4n) is 5.99. The molecule has 0 bridgehead atoms. The van der Waals surface area contributed by atoms with Crippen molar-refractivity contribution in [1.29, 1.82) is 0 Å². The Morgan fingerprint density at radius 2 is 1.15 bits per heavy atom. The van der Waals surface area contributed by atoms with Crippen LogP contribution in [0.5, 0.6) is 0 Å². The Morgan fingerprint density at radius 1 is 0.617 bits per heavy atom. The van der Waals surface area contributed by atoms with Gasteiger partial charge in [-0.3, -0.25) is 11.8 Å². The monoisotopic (exact) mass is 968 g/mol. The van der Waals surface area contributed by atoms with E-state index < -0.39 is 0 Å². The van der Waals surface area contributed by atoms with Gasteiger partial charge < -0.3 is 31.9 Å². The molecule has 2 aliphatic carbocycles. The van der Waals surface area contributed by atoms with Crippen molar-refractivity contribution in [2.45, 2.75) is 19.5 Å². The van der Waals surface area contributed by atoms with Crippen LogP contribution >= 0.6 is 0 Å². The van der Waals surface area contributed by atoms with Gasteiger partial charge in [-0.15, -0.1) is 59.9 Å². The van der Waals surface area contributed by atoms with Crippen molar-refractivity contribution in [2.24, 2.45) is 0 Å². The standard InChI is InChI=1S/2C15H9.C11H8N4.2Au/c2*1-2-11-7-8-15-13(9-11)10-12-5-3-4-6-14(12)15;1-2-4-11-10(3-1)13-8-15(11)9-14-6-5-12-7-14;;/h2*3-9H,10H2;1-6H,9H2;;/q2*-1;-2;;. The van der Waals surface area contributed by atoms with Crippen molar-refractivity contribution < 1.29 is 44.8 Å². The van der Waals surface area contributed by atoms with Gasteiger partial charge in [-0.25, -0.2) is 0 Å². The smallest absolute Gasteiger partial charge is 0.0558 e. The van der Waals surface area contributed by atoms with Crippen molar-refractivity contribution in [3.05, 3.63) is 180 Å². The molecule has 2 aliphatic rings. The molecule has 0 saturated carbocycles. The summed E-state index contributed by atoms with van der Waals surface area (Å²) in [7, 11) is 0. The Balaban J connectivity index is 0.000000135. The molecule has 7 aromatic rings. The van der Waals surface area contributed by atoms with E-state index in [0.29, 0.717) is 6.67 Å². The van der Waals surface area contributed by atoms with E-state index in [0.717, 1.165) is 35.0 Å². The average molecular weight is 969 g/mol. The number of para-hydroxylation sites is 2. The Kier molecular flexibility index (Phi) is 11.0. The van der Waals surface area contributed by atoms with Gasteiger partial charge in [-0.05, 0) is 46.2 Å². The summed E-state index contributed by atoms with van der Waals surface area (Å²) in [5.41, 5.74) is 14.4. The Hall–Kier alpha value is -4.62. The topological polar surface area (TPSA) is 35.6 Å². The van der Waals surface area contributed by atoms with Crippen molar-refractivity contribution in [2.75, 3.05) is 0 Å². The molecule has 0 saturated heterocycles. The molecule has 0 unspecified atom stereocenters. The molecule has 0 aliphatic heterocycles. The van der Waals surface area contributed by atoms with Gasteiger partial charge in [-0.1, -0.05) is 95.0 Å². The van der Waals surface area contributed by atoms with Crippen molar-refractivity contribution in [3.63, 3.8) is 0 Å². The van der Waals surface area contributed by atoms with E-state index in [-0.39, 0.29) is 44.8 Å². The summed E-state index contributed by atoms with van der Waals surface area (Å²) in [4.78, 5) is 8.06. The Bertz CT molecular complexity index is 2130. The van der Waals surface area contributed by atoms with Crippen LogP contribution in [0.4, 0.5) is 0 Å². The predicted molar refractivity (Wildman–Crippen MR) is 177 cm³/mol. The molecule has 9 rings (SSSR count). The number of fused-ring (bicyclic) bond motifs is 7. The number of benzene rings is 5. The molecule has 47 heavy (non-hydrogen) atoms. The molecule has 0 amide bonds. The number of imidazole rings is 2. The van der Waals surface area contributed by atoms with Gasteiger partial charge in [0.25, 0.3) is 0 Å².